The minimum absolute atomic E-state index is 0.0545. The molecule has 1 amide bonds. The topological polar surface area (TPSA) is 94.8 Å². The van der Waals surface area contributed by atoms with E-state index in [1.165, 1.54) is 0 Å². The van der Waals surface area contributed by atoms with E-state index < -0.39 is 11.8 Å². The van der Waals surface area contributed by atoms with Crippen molar-refractivity contribution in [3.05, 3.63) is 0 Å². The highest BCUT2D eigenvalue weighted by Gasteiger charge is 2.30. The summed E-state index contributed by atoms with van der Waals surface area (Å²) in [5, 5.41) is 5.75. The van der Waals surface area contributed by atoms with Gasteiger partial charge in [0.25, 0.3) is 0 Å². The number of nitrogens with one attached hydrogen (secondary N) is 2. The maximum absolute atomic E-state index is 14.2. The first-order valence-corrected chi connectivity index (χ1v) is 8.93. The summed E-state index contributed by atoms with van der Waals surface area (Å²) in [7, 11) is 0. The first kappa shape index (κ1) is 24.2. The van der Waals surface area contributed by atoms with Gasteiger partial charge in [0, 0.05) is 25.6 Å². The Hall–Kier alpha value is -0.800. The molecule has 0 heterocycles. The van der Waals surface area contributed by atoms with Gasteiger partial charge >= 0.3 is 0 Å². The van der Waals surface area contributed by atoms with Gasteiger partial charge in [0.15, 0.2) is 0 Å². The van der Waals surface area contributed by atoms with Gasteiger partial charge in [0.05, 0.1) is 45.2 Å². The number of amides is 1. The number of alkyl halides is 1. The quantitative estimate of drug-likeness (QED) is 0.344. The molecule has 0 aliphatic heterocycles. The van der Waals surface area contributed by atoms with Crippen molar-refractivity contribution < 1.29 is 23.4 Å². The number of nitrogens with two attached hydrogens (primary N) is 1. The van der Waals surface area contributed by atoms with Crippen LogP contribution in [0.25, 0.3) is 0 Å². The predicted octanol–water partition coefficient (Wildman–Crippen LogP) is 0.473. The SMILES string of the molecule is CC(C)C(=O)NCC(F)C(C)(C)OCCOCCNCCOCCN. The highest BCUT2D eigenvalue weighted by Crippen LogP contribution is 2.17. The second-order valence-electron chi connectivity index (χ2n) is 6.58. The molecule has 0 bridgehead atoms. The normalized spacial score (nSPS) is 13.2. The van der Waals surface area contributed by atoms with E-state index in [9.17, 15) is 9.18 Å². The smallest absolute Gasteiger partial charge is 0.222 e. The van der Waals surface area contributed by atoms with Crippen LogP contribution in [0, 0.1) is 5.92 Å². The monoisotopic (exact) mass is 365 g/mol. The van der Waals surface area contributed by atoms with Crippen molar-refractivity contribution in [3.63, 3.8) is 0 Å². The minimum Gasteiger partial charge on any atom is -0.379 e. The average molecular weight is 365 g/mol. The largest absolute Gasteiger partial charge is 0.379 e. The Balaban J connectivity index is 3.63. The third-order valence-corrected chi connectivity index (χ3v) is 3.54. The van der Waals surface area contributed by atoms with Gasteiger partial charge in [-0.2, -0.15) is 0 Å². The molecule has 0 radical (unpaired) electrons. The van der Waals surface area contributed by atoms with Crippen molar-refractivity contribution in [2.75, 3.05) is 59.2 Å². The molecule has 0 fully saturated rings. The molecule has 0 saturated carbocycles. The van der Waals surface area contributed by atoms with Crippen molar-refractivity contribution in [2.24, 2.45) is 11.7 Å². The van der Waals surface area contributed by atoms with Gasteiger partial charge < -0.3 is 30.6 Å². The van der Waals surface area contributed by atoms with Crippen LogP contribution in [-0.2, 0) is 19.0 Å². The number of hydrogen-bond acceptors (Lipinski definition) is 6. The van der Waals surface area contributed by atoms with Crippen LogP contribution in [0.3, 0.4) is 0 Å². The molecule has 1 unspecified atom stereocenters. The molecule has 0 rings (SSSR count). The lowest BCUT2D eigenvalue weighted by molar-refractivity contribution is -0.125. The summed E-state index contributed by atoms with van der Waals surface area (Å²) < 4.78 is 30.4. The highest BCUT2D eigenvalue weighted by molar-refractivity contribution is 5.77. The maximum atomic E-state index is 14.2. The molecule has 8 heteroatoms. The fourth-order valence-corrected chi connectivity index (χ4v) is 1.80. The van der Waals surface area contributed by atoms with E-state index in [0.29, 0.717) is 46.1 Å². The highest BCUT2D eigenvalue weighted by atomic mass is 19.1. The van der Waals surface area contributed by atoms with Gasteiger partial charge in [-0.25, -0.2) is 4.39 Å². The molecule has 0 saturated heterocycles. The molecule has 0 spiro atoms. The van der Waals surface area contributed by atoms with Crippen molar-refractivity contribution in [2.45, 2.75) is 39.5 Å². The summed E-state index contributed by atoms with van der Waals surface area (Å²) in [6, 6.07) is 0. The van der Waals surface area contributed by atoms with E-state index in [2.05, 4.69) is 10.6 Å². The zero-order valence-electron chi connectivity index (χ0n) is 16.1. The number of carbonyl (C=O) groups is 1. The van der Waals surface area contributed by atoms with E-state index in [0.717, 1.165) is 6.54 Å². The minimum atomic E-state index is -1.29. The Morgan fingerprint density at radius 2 is 1.68 bits per heavy atom. The molecular formula is C17H36FN3O4. The van der Waals surface area contributed by atoms with Crippen LogP contribution in [0.5, 0.6) is 0 Å². The van der Waals surface area contributed by atoms with Gasteiger partial charge in [-0.3, -0.25) is 4.79 Å². The molecule has 150 valence electrons. The summed E-state index contributed by atoms with van der Waals surface area (Å²) in [6.07, 6.45) is -1.29. The zero-order valence-corrected chi connectivity index (χ0v) is 16.1. The van der Waals surface area contributed by atoms with Crippen molar-refractivity contribution in [1.29, 1.82) is 0 Å². The third-order valence-electron chi connectivity index (χ3n) is 3.54. The van der Waals surface area contributed by atoms with Gasteiger partial charge in [-0.05, 0) is 13.8 Å². The van der Waals surface area contributed by atoms with Crippen molar-refractivity contribution in [1.82, 2.24) is 10.6 Å². The molecule has 0 aliphatic carbocycles. The molecule has 0 aromatic heterocycles. The average Bonchev–Trinajstić information content (AvgIpc) is 2.56. The van der Waals surface area contributed by atoms with Crippen LogP contribution in [-0.4, -0.2) is 76.9 Å². The van der Waals surface area contributed by atoms with Crippen LogP contribution in [0.4, 0.5) is 4.39 Å². The van der Waals surface area contributed by atoms with Crippen LogP contribution < -0.4 is 16.4 Å². The number of halogens is 1. The number of ether oxygens (including phenoxy) is 3. The van der Waals surface area contributed by atoms with Crippen LogP contribution in [0.1, 0.15) is 27.7 Å². The summed E-state index contributed by atoms with van der Waals surface area (Å²) in [6.45, 7) is 11.2. The number of carbonyl (C=O) groups excluding carboxylic acids is 1. The van der Waals surface area contributed by atoms with Crippen LogP contribution >= 0.6 is 0 Å². The zero-order chi connectivity index (χ0) is 19.1. The second kappa shape index (κ2) is 14.4. The standard InChI is InChI=1S/C17H36FN3O4/c1-14(2)16(22)21-13-15(18)17(3,4)25-12-11-24-10-7-20-6-9-23-8-5-19/h14-15,20H,5-13,19H2,1-4H3,(H,21,22). The lowest BCUT2D eigenvalue weighted by Gasteiger charge is -2.29. The van der Waals surface area contributed by atoms with E-state index >= 15 is 0 Å². The molecular weight excluding hydrogens is 329 g/mol. The van der Waals surface area contributed by atoms with Crippen LogP contribution in [0.2, 0.25) is 0 Å². The van der Waals surface area contributed by atoms with Gasteiger partial charge in [0.2, 0.25) is 5.91 Å². The molecule has 0 aromatic carbocycles. The molecule has 1 atom stereocenters. The number of rotatable bonds is 16. The van der Waals surface area contributed by atoms with Crippen LogP contribution in [0.15, 0.2) is 0 Å². The Kier molecular flexibility index (Phi) is 13.9. The Morgan fingerprint density at radius 3 is 2.24 bits per heavy atom. The third kappa shape index (κ3) is 13.1. The summed E-state index contributed by atoms with van der Waals surface area (Å²) in [5.41, 5.74) is 4.33. The first-order chi connectivity index (χ1) is 11.8. The van der Waals surface area contributed by atoms with Gasteiger partial charge in [-0.15, -0.1) is 0 Å². The van der Waals surface area contributed by atoms with E-state index in [-0.39, 0.29) is 18.4 Å². The summed E-state index contributed by atoms with van der Waals surface area (Å²) in [4.78, 5) is 11.5. The maximum Gasteiger partial charge on any atom is 0.222 e. The van der Waals surface area contributed by atoms with E-state index in [1.807, 2.05) is 0 Å². The van der Waals surface area contributed by atoms with E-state index in [1.54, 1.807) is 27.7 Å². The number of hydrogen-bond donors (Lipinski definition) is 3. The fraction of sp³-hybridized carbons (Fsp3) is 0.941. The Morgan fingerprint density at radius 1 is 1.08 bits per heavy atom. The lowest BCUT2D eigenvalue weighted by atomic mass is 10.0. The van der Waals surface area contributed by atoms with Crippen molar-refractivity contribution >= 4 is 5.91 Å². The molecule has 7 nitrogen and oxygen atoms in total. The molecule has 4 N–H and O–H groups in total. The fourth-order valence-electron chi connectivity index (χ4n) is 1.80. The molecule has 0 aromatic rings. The second-order valence-corrected chi connectivity index (χ2v) is 6.58. The molecule has 0 aliphatic rings. The Bertz CT molecular complexity index is 344. The predicted molar refractivity (Wildman–Crippen MR) is 96.3 cm³/mol. The van der Waals surface area contributed by atoms with Gasteiger partial charge in [0.1, 0.15) is 6.17 Å². The summed E-state index contributed by atoms with van der Waals surface area (Å²) in [5.74, 6) is -0.326. The van der Waals surface area contributed by atoms with E-state index in [4.69, 9.17) is 19.9 Å². The summed E-state index contributed by atoms with van der Waals surface area (Å²) >= 11 is 0. The lowest BCUT2D eigenvalue weighted by Crippen LogP contribution is -2.45. The Labute approximate surface area is 151 Å². The molecule has 25 heavy (non-hydrogen) atoms. The first-order valence-electron chi connectivity index (χ1n) is 8.93. The van der Waals surface area contributed by atoms with Gasteiger partial charge in [-0.1, -0.05) is 13.8 Å². The van der Waals surface area contributed by atoms with Crippen molar-refractivity contribution in [3.8, 4) is 0 Å².